The Labute approximate surface area is 46.9 Å². The van der Waals surface area contributed by atoms with Gasteiger partial charge in [0.05, 0.1) is 6.26 Å². The second kappa shape index (κ2) is 4.14. The second-order valence-electron chi connectivity index (χ2n) is 0.846. The molecule has 0 saturated carbocycles. The molecule has 0 aliphatic rings. The van der Waals surface area contributed by atoms with Crippen molar-refractivity contribution >= 4 is 6.16 Å². The molecule has 0 bridgehead atoms. The molecule has 8 heavy (non-hydrogen) atoms. The van der Waals surface area contributed by atoms with Gasteiger partial charge in [0.25, 0.3) is 0 Å². The Bertz CT molecular complexity index is 91.3. The van der Waals surface area contributed by atoms with Gasteiger partial charge in [0.2, 0.25) is 0 Å². The van der Waals surface area contributed by atoms with Gasteiger partial charge in [0.1, 0.15) is 6.73 Å². The molecule has 46 valence electrons. The van der Waals surface area contributed by atoms with Gasteiger partial charge in [0.15, 0.2) is 0 Å². The number of carbonyl (C=O) groups is 1. The first-order valence-corrected chi connectivity index (χ1v) is 1.95. The number of carbonyl (C=O) groups excluding carboxylic acids is 1. The minimum atomic E-state index is -0.831. The van der Waals surface area contributed by atoms with Crippen molar-refractivity contribution in [2.24, 2.45) is 5.73 Å². The van der Waals surface area contributed by atoms with Crippen molar-refractivity contribution in [1.29, 1.82) is 0 Å². The van der Waals surface area contributed by atoms with Gasteiger partial charge in [-0.3, -0.25) is 5.73 Å². The van der Waals surface area contributed by atoms with Gasteiger partial charge >= 0.3 is 6.16 Å². The fourth-order valence-corrected chi connectivity index (χ4v) is 0.170. The molecule has 0 aromatic rings. The molecular formula is C4H7NO3. The number of ether oxygens (including phenoxy) is 2. The molecule has 0 rings (SSSR count). The van der Waals surface area contributed by atoms with E-state index in [1.54, 1.807) is 0 Å². The lowest BCUT2D eigenvalue weighted by molar-refractivity contribution is 0.0873. The maximum Gasteiger partial charge on any atom is 0.514 e. The molecule has 0 fully saturated rings. The molecule has 0 heterocycles. The summed E-state index contributed by atoms with van der Waals surface area (Å²) < 4.78 is 8.23. The molecule has 0 spiro atoms. The standard InChI is InChI=1S/C4H7NO3/c1-2-7-4(6)8-3-5/h2H,1,3,5H2. The van der Waals surface area contributed by atoms with Crippen LogP contribution in [0, 0.1) is 0 Å². The molecule has 4 nitrogen and oxygen atoms in total. The monoisotopic (exact) mass is 117 g/mol. The number of hydrogen-bond donors (Lipinski definition) is 1. The quantitative estimate of drug-likeness (QED) is 0.319. The van der Waals surface area contributed by atoms with E-state index in [1.807, 2.05) is 0 Å². The topological polar surface area (TPSA) is 61.5 Å². The van der Waals surface area contributed by atoms with Crippen LogP contribution in [0.4, 0.5) is 4.79 Å². The molecule has 2 N–H and O–H groups in total. The van der Waals surface area contributed by atoms with Crippen molar-refractivity contribution in [2.45, 2.75) is 0 Å². The molecule has 0 atom stereocenters. The summed E-state index contributed by atoms with van der Waals surface area (Å²) in [5.41, 5.74) is 4.80. The fraction of sp³-hybridized carbons (Fsp3) is 0.250. The third kappa shape index (κ3) is 3.17. The van der Waals surface area contributed by atoms with E-state index in [9.17, 15) is 4.79 Å². The molecule has 0 aromatic carbocycles. The fourth-order valence-electron chi connectivity index (χ4n) is 0.170. The molecule has 0 aliphatic carbocycles. The lowest BCUT2D eigenvalue weighted by Crippen LogP contribution is -2.10. The largest absolute Gasteiger partial charge is 0.514 e. The lowest BCUT2D eigenvalue weighted by atomic mass is 11.1. The molecule has 0 saturated heterocycles. The van der Waals surface area contributed by atoms with Gasteiger partial charge in [0, 0.05) is 0 Å². The van der Waals surface area contributed by atoms with Crippen molar-refractivity contribution in [3.63, 3.8) is 0 Å². The van der Waals surface area contributed by atoms with Crippen molar-refractivity contribution in [3.05, 3.63) is 12.8 Å². The first-order valence-electron chi connectivity index (χ1n) is 1.95. The molecule has 0 amide bonds. The zero-order chi connectivity index (χ0) is 6.41. The summed E-state index contributed by atoms with van der Waals surface area (Å²) in [7, 11) is 0. The van der Waals surface area contributed by atoms with Crippen LogP contribution in [0.2, 0.25) is 0 Å². The normalized spacial score (nSPS) is 7.62. The highest BCUT2D eigenvalue weighted by Gasteiger charge is 1.95. The van der Waals surface area contributed by atoms with E-state index in [2.05, 4.69) is 16.1 Å². The number of hydrogen-bond acceptors (Lipinski definition) is 4. The van der Waals surface area contributed by atoms with E-state index in [0.29, 0.717) is 0 Å². The Kier molecular flexibility index (Phi) is 3.60. The molecule has 0 unspecified atom stereocenters. The zero-order valence-electron chi connectivity index (χ0n) is 4.29. The summed E-state index contributed by atoms with van der Waals surface area (Å²) in [4.78, 5) is 10.0. The lowest BCUT2D eigenvalue weighted by Gasteiger charge is -1.95. The smallest absolute Gasteiger partial charge is 0.418 e. The van der Waals surface area contributed by atoms with E-state index >= 15 is 0 Å². The van der Waals surface area contributed by atoms with Crippen LogP contribution in [0.25, 0.3) is 0 Å². The minimum absolute atomic E-state index is 0.174. The van der Waals surface area contributed by atoms with E-state index in [-0.39, 0.29) is 6.73 Å². The first-order chi connectivity index (χ1) is 3.81. The van der Waals surface area contributed by atoms with Crippen molar-refractivity contribution < 1.29 is 14.3 Å². The maximum atomic E-state index is 10.0. The van der Waals surface area contributed by atoms with E-state index in [0.717, 1.165) is 6.26 Å². The van der Waals surface area contributed by atoms with Crippen LogP contribution in [0.3, 0.4) is 0 Å². The highest BCUT2D eigenvalue weighted by molar-refractivity contribution is 5.60. The maximum absolute atomic E-state index is 10.0. The van der Waals surface area contributed by atoms with Crippen LogP contribution in [-0.2, 0) is 9.47 Å². The number of rotatable bonds is 2. The average molecular weight is 117 g/mol. The molecular weight excluding hydrogens is 110 g/mol. The second-order valence-corrected chi connectivity index (χ2v) is 0.846. The van der Waals surface area contributed by atoms with Gasteiger partial charge < -0.3 is 9.47 Å². The van der Waals surface area contributed by atoms with Crippen molar-refractivity contribution in [3.8, 4) is 0 Å². The third-order valence-electron chi connectivity index (χ3n) is 0.381. The summed E-state index contributed by atoms with van der Waals surface area (Å²) in [5.74, 6) is 0. The van der Waals surface area contributed by atoms with E-state index in [1.165, 1.54) is 0 Å². The van der Waals surface area contributed by atoms with Crippen LogP contribution in [0.15, 0.2) is 12.8 Å². The summed E-state index contributed by atoms with van der Waals surface area (Å²) in [6.45, 7) is 2.95. The Morgan fingerprint density at radius 2 is 2.50 bits per heavy atom. The predicted molar refractivity (Wildman–Crippen MR) is 26.8 cm³/mol. The molecule has 0 aliphatic heterocycles. The van der Waals surface area contributed by atoms with Crippen LogP contribution in [0.1, 0.15) is 0 Å². The Balaban J connectivity index is 3.18. The van der Waals surface area contributed by atoms with Gasteiger partial charge in [-0.05, 0) is 0 Å². The van der Waals surface area contributed by atoms with Crippen molar-refractivity contribution in [2.75, 3.05) is 6.73 Å². The van der Waals surface area contributed by atoms with Crippen LogP contribution in [0.5, 0.6) is 0 Å². The average Bonchev–Trinajstić information content (AvgIpc) is 1.68. The minimum Gasteiger partial charge on any atom is -0.418 e. The summed E-state index contributed by atoms with van der Waals surface area (Å²) in [6, 6.07) is 0. The summed E-state index contributed by atoms with van der Waals surface area (Å²) in [6.07, 6.45) is 0.139. The molecule has 4 heteroatoms. The number of nitrogens with two attached hydrogens (primary N) is 1. The highest BCUT2D eigenvalue weighted by Crippen LogP contribution is 1.80. The van der Waals surface area contributed by atoms with Gasteiger partial charge in [-0.15, -0.1) is 0 Å². The van der Waals surface area contributed by atoms with Gasteiger partial charge in [-0.2, -0.15) is 0 Å². The van der Waals surface area contributed by atoms with Crippen LogP contribution >= 0.6 is 0 Å². The first kappa shape index (κ1) is 6.97. The zero-order valence-corrected chi connectivity index (χ0v) is 4.29. The van der Waals surface area contributed by atoms with E-state index in [4.69, 9.17) is 5.73 Å². The summed E-state index contributed by atoms with van der Waals surface area (Å²) in [5, 5.41) is 0. The van der Waals surface area contributed by atoms with Gasteiger partial charge in [-0.25, -0.2) is 4.79 Å². The third-order valence-corrected chi connectivity index (χ3v) is 0.381. The highest BCUT2D eigenvalue weighted by atomic mass is 16.7. The van der Waals surface area contributed by atoms with Crippen LogP contribution in [-0.4, -0.2) is 12.9 Å². The van der Waals surface area contributed by atoms with E-state index < -0.39 is 6.16 Å². The Morgan fingerprint density at radius 3 is 2.88 bits per heavy atom. The predicted octanol–water partition coefficient (Wildman–Crippen LogP) is 0.199. The van der Waals surface area contributed by atoms with Crippen LogP contribution < -0.4 is 5.73 Å². The Morgan fingerprint density at radius 1 is 1.88 bits per heavy atom. The van der Waals surface area contributed by atoms with Crippen molar-refractivity contribution in [1.82, 2.24) is 0 Å². The SMILES string of the molecule is C=COC(=O)OCN. The van der Waals surface area contributed by atoms with Gasteiger partial charge in [-0.1, -0.05) is 6.58 Å². The molecule has 0 aromatic heterocycles. The molecule has 0 radical (unpaired) electrons. The Hall–Kier alpha value is -1.03. The summed E-state index contributed by atoms with van der Waals surface area (Å²) >= 11 is 0.